The number of nitrogens with one attached hydrogen (secondary N) is 2. The van der Waals surface area contributed by atoms with Gasteiger partial charge >= 0.3 is 0 Å². The molecule has 0 saturated heterocycles. The van der Waals surface area contributed by atoms with E-state index in [2.05, 4.69) is 20.8 Å². The third-order valence-corrected chi connectivity index (χ3v) is 5.48. The quantitative estimate of drug-likeness (QED) is 0.348. The lowest BCUT2D eigenvalue weighted by molar-refractivity contribution is -0.125. The average Bonchev–Trinajstić information content (AvgIpc) is 3.24. The summed E-state index contributed by atoms with van der Waals surface area (Å²) in [6.07, 6.45) is -0.842. The molecule has 11 heteroatoms. The van der Waals surface area contributed by atoms with E-state index in [9.17, 15) is 4.79 Å². The largest absolute Gasteiger partial charge is 0.497 e. The van der Waals surface area contributed by atoms with Crippen LogP contribution in [0.5, 0.6) is 11.5 Å². The minimum atomic E-state index is -0.842. The zero-order chi connectivity index (χ0) is 24.2. The first-order valence-corrected chi connectivity index (χ1v) is 11.2. The summed E-state index contributed by atoms with van der Waals surface area (Å²) in [7, 11) is 1.61. The van der Waals surface area contributed by atoms with E-state index < -0.39 is 12.0 Å². The molecule has 0 fully saturated rings. The molecule has 2 N–H and O–H groups in total. The lowest BCUT2D eigenvalue weighted by Crippen LogP contribution is -2.42. The molecule has 3 aromatic carbocycles. The van der Waals surface area contributed by atoms with Gasteiger partial charge in [-0.2, -0.15) is 4.80 Å². The Kier molecular flexibility index (Phi) is 7.16. The molecule has 0 spiro atoms. The number of amides is 1. The Labute approximate surface area is 210 Å². The number of fused-ring (bicyclic) bond motifs is 1. The molecule has 1 aromatic heterocycles. The fourth-order valence-corrected chi connectivity index (χ4v) is 3.69. The van der Waals surface area contributed by atoms with E-state index in [-0.39, 0.29) is 5.11 Å². The fourth-order valence-electron chi connectivity index (χ4n) is 3.01. The number of nitrogens with zero attached hydrogens (tertiary/aromatic N) is 3. The lowest BCUT2D eigenvalue weighted by atomic mass is 10.3. The van der Waals surface area contributed by atoms with Crippen molar-refractivity contribution in [2.45, 2.75) is 13.0 Å². The molecule has 0 bridgehead atoms. The number of aromatic nitrogens is 3. The molecule has 4 rings (SSSR count). The van der Waals surface area contributed by atoms with Crippen molar-refractivity contribution in [2.75, 3.05) is 12.4 Å². The number of halogens is 2. The first-order valence-electron chi connectivity index (χ1n) is 10.1. The molecule has 0 aliphatic rings. The number of carbonyl (C=O) groups is 1. The molecule has 1 unspecified atom stereocenters. The number of thiocarbonyl (C=S) groups is 1. The number of hydrogen-bond acceptors (Lipinski definition) is 6. The maximum atomic E-state index is 12.5. The normalized spacial score (nSPS) is 11.6. The number of ether oxygens (including phenoxy) is 2. The summed E-state index contributed by atoms with van der Waals surface area (Å²) < 4.78 is 10.8. The van der Waals surface area contributed by atoms with Crippen LogP contribution in [0.25, 0.3) is 16.7 Å². The lowest BCUT2D eigenvalue weighted by Gasteiger charge is -2.16. The Morgan fingerprint density at radius 3 is 2.47 bits per heavy atom. The molecular weight excluding hydrogens is 497 g/mol. The highest BCUT2D eigenvalue weighted by atomic mass is 35.5. The van der Waals surface area contributed by atoms with Crippen molar-refractivity contribution in [3.8, 4) is 17.2 Å². The highest BCUT2D eigenvalue weighted by molar-refractivity contribution is 7.80. The summed E-state index contributed by atoms with van der Waals surface area (Å²) in [5.41, 5.74) is 2.81. The summed E-state index contributed by atoms with van der Waals surface area (Å²) in [5, 5.41) is 15.5. The van der Waals surface area contributed by atoms with Gasteiger partial charge in [-0.15, -0.1) is 10.2 Å². The number of anilines is 1. The molecule has 0 radical (unpaired) electrons. The van der Waals surface area contributed by atoms with Gasteiger partial charge in [0.05, 0.1) is 17.8 Å². The van der Waals surface area contributed by atoms with Crippen LogP contribution < -0.4 is 20.1 Å². The van der Waals surface area contributed by atoms with E-state index in [1.807, 2.05) is 30.3 Å². The number of hydrogen-bond donors (Lipinski definition) is 2. The zero-order valence-corrected chi connectivity index (χ0v) is 20.4. The Balaban J connectivity index is 1.39. The van der Waals surface area contributed by atoms with Gasteiger partial charge in [0.25, 0.3) is 5.91 Å². The van der Waals surface area contributed by atoms with Gasteiger partial charge in [-0.1, -0.05) is 23.2 Å². The van der Waals surface area contributed by atoms with Crippen LogP contribution >= 0.6 is 35.4 Å². The molecule has 4 aromatic rings. The molecule has 0 aliphatic carbocycles. The predicted molar refractivity (Wildman–Crippen MR) is 136 cm³/mol. The minimum Gasteiger partial charge on any atom is -0.497 e. The van der Waals surface area contributed by atoms with Gasteiger partial charge in [0.2, 0.25) is 0 Å². The molecule has 1 heterocycles. The van der Waals surface area contributed by atoms with E-state index in [0.29, 0.717) is 32.5 Å². The highest BCUT2D eigenvalue weighted by Gasteiger charge is 2.18. The van der Waals surface area contributed by atoms with Crippen molar-refractivity contribution >= 4 is 63.2 Å². The fraction of sp³-hybridized carbons (Fsp3) is 0.130. The molecule has 0 saturated carbocycles. The maximum absolute atomic E-state index is 12.5. The molecular formula is C23H19Cl2N5O3S. The van der Waals surface area contributed by atoms with Crippen molar-refractivity contribution in [1.82, 2.24) is 20.3 Å². The van der Waals surface area contributed by atoms with Crippen molar-refractivity contribution in [1.29, 1.82) is 0 Å². The number of carbonyl (C=O) groups excluding carboxylic acids is 1. The topological polar surface area (TPSA) is 90.3 Å². The summed E-state index contributed by atoms with van der Waals surface area (Å²) in [5.74, 6) is 0.659. The second-order valence-electron chi connectivity index (χ2n) is 7.17. The Morgan fingerprint density at radius 2 is 1.76 bits per heavy atom. The van der Waals surface area contributed by atoms with Crippen molar-refractivity contribution in [2.24, 2.45) is 0 Å². The van der Waals surface area contributed by atoms with E-state index in [4.69, 9.17) is 44.9 Å². The second-order valence-corrected chi connectivity index (χ2v) is 8.42. The first-order chi connectivity index (χ1) is 16.3. The third kappa shape index (κ3) is 5.56. The Hall–Kier alpha value is -3.40. The Morgan fingerprint density at radius 1 is 1.03 bits per heavy atom. The molecule has 1 amide bonds. The molecule has 1 atom stereocenters. The minimum absolute atomic E-state index is 0.115. The van der Waals surface area contributed by atoms with Crippen molar-refractivity contribution in [3.05, 3.63) is 70.7 Å². The highest BCUT2D eigenvalue weighted by Crippen LogP contribution is 2.28. The van der Waals surface area contributed by atoms with E-state index in [1.165, 1.54) is 10.9 Å². The molecule has 8 nitrogen and oxygen atoms in total. The smallest absolute Gasteiger partial charge is 0.266 e. The number of benzene rings is 3. The Bertz CT molecular complexity index is 1360. The summed E-state index contributed by atoms with van der Waals surface area (Å²) >= 11 is 17.3. The van der Waals surface area contributed by atoms with Gasteiger partial charge in [-0.3, -0.25) is 10.1 Å². The monoisotopic (exact) mass is 515 g/mol. The summed E-state index contributed by atoms with van der Waals surface area (Å²) in [4.78, 5) is 14.0. The van der Waals surface area contributed by atoms with E-state index >= 15 is 0 Å². The van der Waals surface area contributed by atoms with Crippen LogP contribution in [0.1, 0.15) is 6.92 Å². The average molecular weight is 516 g/mol. The van der Waals surface area contributed by atoms with Crippen LogP contribution in [-0.2, 0) is 4.79 Å². The summed E-state index contributed by atoms with van der Waals surface area (Å²) in [6.45, 7) is 1.59. The maximum Gasteiger partial charge on any atom is 0.266 e. The molecule has 174 valence electrons. The number of methoxy groups -OCH3 is 1. The van der Waals surface area contributed by atoms with Gasteiger partial charge in [0.1, 0.15) is 22.5 Å². The molecule has 34 heavy (non-hydrogen) atoms. The van der Waals surface area contributed by atoms with E-state index in [0.717, 1.165) is 11.4 Å². The van der Waals surface area contributed by atoms with Crippen LogP contribution in [0.3, 0.4) is 0 Å². The summed E-state index contributed by atoms with van der Waals surface area (Å²) in [6, 6.07) is 17.5. The first kappa shape index (κ1) is 23.7. The SMILES string of the molecule is COc1ccc(-n2nc3ccc(NC(=S)NC(=O)C(C)Oc4ccc(Cl)cc4Cl)cc3n2)cc1. The number of rotatable bonds is 6. The van der Waals surface area contributed by atoms with Gasteiger partial charge in [-0.05, 0) is 79.8 Å². The second kappa shape index (κ2) is 10.3. The van der Waals surface area contributed by atoms with Crippen LogP contribution in [0.15, 0.2) is 60.7 Å². The predicted octanol–water partition coefficient (Wildman–Crippen LogP) is 5.02. The van der Waals surface area contributed by atoms with Crippen molar-refractivity contribution < 1.29 is 14.3 Å². The van der Waals surface area contributed by atoms with Crippen molar-refractivity contribution in [3.63, 3.8) is 0 Å². The van der Waals surface area contributed by atoms with Crippen LogP contribution in [0, 0.1) is 0 Å². The van der Waals surface area contributed by atoms with Gasteiger partial charge in [0.15, 0.2) is 11.2 Å². The van der Waals surface area contributed by atoms with E-state index in [1.54, 1.807) is 38.3 Å². The zero-order valence-electron chi connectivity index (χ0n) is 18.1. The standard InChI is InChI=1S/C23H19Cl2N5O3S/c1-13(33-21-10-3-14(24)11-18(21)25)22(31)27-23(34)26-15-4-9-19-20(12-15)29-30(28-19)16-5-7-17(32-2)8-6-16/h3-13H,1-2H3,(H2,26,27,31,34). The third-order valence-electron chi connectivity index (χ3n) is 4.75. The van der Waals surface area contributed by atoms with Gasteiger partial charge in [0, 0.05) is 10.7 Å². The van der Waals surface area contributed by atoms with Crippen LogP contribution in [-0.4, -0.2) is 39.2 Å². The van der Waals surface area contributed by atoms with Gasteiger partial charge < -0.3 is 14.8 Å². The van der Waals surface area contributed by atoms with Gasteiger partial charge in [-0.25, -0.2) is 0 Å². The van der Waals surface area contributed by atoms with Crippen LogP contribution in [0.4, 0.5) is 5.69 Å². The van der Waals surface area contributed by atoms with Crippen LogP contribution in [0.2, 0.25) is 10.0 Å². The molecule has 0 aliphatic heterocycles.